The highest BCUT2D eigenvalue weighted by Gasteiger charge is 2.26. The highest BCUT2D eigenvalue weighted by atomic mass is 15.3. The highest BCUT2D eigenvalue weighted by Crippen LogP contribution is 2.29. The van der Waals surface area contributed by atoms with Gasteiger partial charge in [0.05, 0.1) is 24.1 Å². The molecule has 0 atom stereocenters. The fraction of sp³-hybridized carbons (Fsp3) is 0.700. The number of anilines is 1. The summed E-state index contributed by atoms with van der Waals surface area (Å²) in [6.45, 7) is 11.4. The normalized spacial score (nSPS) is 20.1. The second-order valence-corrected chi connectivity index (χ2v) is 8.27. The maximum atomic E-state index is 4.71. The van der Waals surface area contributed by atoms with E-state index in [1.54, 1.807) is 0 Å². The smallest absolute Gasteiger partial charge is 0.147 e. The van der Waals surface area contributed by atoms with Gasteiger partial charge in [0, 0.05) is 52.2 Å². The van der Waals surface area contributed by atoms with E-state index >= 15 is 0 Å². The number of aromatic nitrogens is 5. The first-order chi connectivity index (χ1) is 13.5. The van der Waals surface area contributed by atoms with Crippen molar-refractivity contribution in [3.63, 3.8) is 0 Å². The molecule has 0 aromatic carbocycles. The number of likely N-dealkylation sites (N-methyl/N-ethyl adjacent to an activating group) is 1. The van der Waals surface area contributed by atoms with Gasteiger partial charge >= 0.3 is 0 Å². The van der Waals surface area contributed by atoms with Gasteiger partial charge in [-0.15, -0.1) is 10.2 Å². The van der Waals surface area contributed by atoms with Crippen LogP contribution < -0.4 is 4.90 Å². The minimum absolute atomic E-state index is 0.467. The number of piperazine rings is 1. The zero-order valence-corrected chi connectivity index (χ0v) is 17.6. The monoisotopic (exact) mass is 384 g/mol. The van der Waals surface area contributed by atoms with E-state index in [1.807, 2.05) is 20.0 Å². The SMILES string of the molecule is Cc1ncc(N2CCC(c3nnc(CN4CCN(C)CC4)n3C)CC2)nc1C. The first-order valence-electron chi connectivity index (χ1n) is 10.4. The van der Waals surface area contributed by atoms with Gasteiger partial charge in [-0.3, -0.25) is 9.88 Å². The molecule has 2 aromatic rings. The average Bonchev–Trinajstić information content (AvgIpc) is 3.06. The lowest BCUT2D eigenvalue weighted by atomic mass is 9.96. The molecular weight excluding hydrogens is 352 g/mol. The Labute approximate surface area is 167 Å². The van der Waals surface area contributed by atoms with Crippen LogP contribution in [0.1, 0.15) is 41.8 Å². The maximum absolute atomic E-state index is 4.71. The highest BCUT2D eigenvalue weighted by molar-refractivity contribution is 5.38. The van der Waals surface area contributed by atoms with Crippen molar-refractivity contribution in [2.75, 3.05) is 51.2 Å². The van der Waals surface area contributed by atoms with Gasteiger partial charge in [-0.25, -0.2) is 4.98 Å². The molecule has 2 aromatic heterocycles. The van der Waals surface area contributed by atoms with Crippen molar-refractivity contribution in [3.8, 4) is 0 Å². The molecule has 4 heterocycles. The van der Waals surface area contributed by atoms with Crippen LogP contribution in [0.4, 0.5) is 5.82 Å². The lowest BCUT2D eigenvalue weighted by molar-refractivity contribution is 0.144. The van der Waals surface area contributed by atoms with Crippen molar-refractivity contribution >= 4 is 5.82 Å². The van der Waals surface area contributed by atoms with E-state index in [2.05, 4.69) is 48.5 Å². The van der Waals surface area contributed by atoms with Crippen molar-refractivity contribution < 1.29 is 0 Å². The molecule has 0 aliphatic carbocycles. The van der Waals surface area contributed by atoms with Crippen LogP contribution in [0.2, 0.25) is 0 Å². The molecule has 0 amide bonds. The van der Waals surface area contributed by atoms with E-state index < -0.39 is 0 Å². The summed E-state index contributed by atoms with van der Waals surface area (Å²) < 4.78 is 2.23. The van der Waals surface area contributed by atoms with E-state index in [0.717, 1.165) is 87.5 Å². The van der Waals surface area contributed by atoms with Gasteiger partial charge in [0.15, 0.2) is 0 Å². The molecule has 0 N–H and O–H groups in total. The molecule has 152 valence electrons. The molecule has 4 rings (SSSR count). The zero-order valence-electron chi connectivity index (χ0n) is 17.6. The Kier molecular flexibility index (Phi) is 5.59. The predicted octanol–water partition coefficient (Wildman–Crippen LogP) is 1.35. The fourth-order valence-electron chi connectivity index (χ4n) is 4.12. The van der Waals surface area contributed by atoms with E-state index in [9.17, 15) is 0 Å². The van der Waals surface area contributed by atoms with Crippen LogP contribution in [0.3, 0.4) is 0 Å². The third-order valence-corrected chi connectivity index (χ3v) is 6.32. The lowest BCUT2D eigenvalue weighted by Crippen LogP contribution is -2.44. The van der Waals surface area contributed by atoms with Gasteiger partial charge < -0.3 is 14.4 Å². The Morgan fingerprint density at radius 2 is 1.64 bits per heavy atom. The molecule has 8 nitrogen and oxygen atoms in total. The zero-order chi connectivity index (χ0) is 19.7. The Morgan fingerprint density at radius 3 is 2.32 bits per heavy atom. The standard InChI is InChI=1S/C20H32N8/c1-15-16(2)22-18(13-21-15)28-7-5-17(6-8-28)20-24-23-19(26(20)4)14-27-11-9-25(3)10-12-27/h13,17H,5-12,14H2,1-4H3. The van der Waals surface area contributed by atoms with Crippen molar-refractivity contribution in [2.45, 2.75) is 39.2 Å². The summed E-state index contributed by atoms with van der Waals surface area (Å²) in [5, 5.41) is 9.10. The van der Waals surface area contributed by atoms with Crippen molar-refractivity contribution in [1.29, 1.82) is 0 Å². The quantitative estimate of drug-likeness (QED) is 0.788. The van der Waals surface area contributed by atoms with E-state index in [0.29, 0.717) is 5.92 Å². The molecule has 0 spiro atoms. The fourth-order valence-corrected chi connectivity index (χ4v) is 4.12. The molecule has 2 aliphatic heterocycles. The number of hydrogen-bond acceptors (Lipinski definition) is 7. The summed E-state index contributed by atoms with van der Waals surface area (Å²) in [7, 11) is 4.32. The summed E-state index contributed by atoms with van der Waals surface area (Å²) in [6.07, 6.45) is 4.06. The Bertz CT molecular complexity index is 801. The van der Waals surface area contributed by atoms with Crippen LogP contribution in [0.5, 0.6) is 0 Å². The first kappa shape index (κ1) is 19.3. The molecule has 2 aliphatic rings. The Balaban J connectivity index is 1.37. The summed E-state index contributed by atoms with van der Waals surface area (Å²) in [5.41, 5.74) is 2.02. The molecule has 0 radical (unpaired) electrons. The molecule has 2 fully saturated rings. The van der Waals surface area contributed by atoms with E-state index in [4.69, 9.17) is 4.98 Å². The van der Waals surface area contributed by atoms with Crippen molar-refractivity contribution in [3.05, 3.63) is 29.2 Å². The molecular formula is C20H32N8. The minimum Gasteiger partial charge on any atom is -0.355 e. The summed E-state index contributed by atoms with van der Waals surface area (Å²) in [4.78, 5) is 16.4. The molecule has 0 bridgehead atoms. The summed E-state index contributed by atoms with van der Waals surface area (Å²) in [6, 6.07) is 0. The van der Waals surface area contributed by atoms with Crippen LogP contribution in [0.25, 0.3) is 0 Å². The molecule has 28 heavy (non-hydrogen) atoms. The lowest BCUT2D eigenvalue weighted by Gasteiger charge is -2.33. The van der Waals surface area contributed by atoms with Gasteiger partial charge in [0.1, 0.15) is 17.5 Å². The van der Waals surface area contributed by atoms with Crippen molar-refractivity contribution in [2.24, 2.45) is 7.05 Å². The van der Waals surface area contributed by atoms with Crippen LogP contribution in [0.15, 0.2) is 6.20 Å². The second kappa shape index (κ2) is 8.13. The second-order valence-electron chi connectivity index (χ2n) is 8.27. The van der Waals surface area contributed by atoms with E-state index in [-0.39, 0.29) is 0 Å². The van der Waals surface area contributed by atoms with Gasteiger partial charge in [-0.05, 0) is 33.7 Å². The Morgan fingerprint density at radius 1 is 0.929 bits per heavy atom. The van der Waals surface area contributed by atoms with Gasteiger partial charge in [0.25, 0.3) is 0 Å². The van der Waals surface area contributed by atoms with Gasteiger partial charge in [-0.2, -0.15) is 0 Å². The molecule has 0 unspecified atom stereocenters. The average molecular weight is 385 g/mol. The van der Waals surface area contributed by atoms with Crippen LogP contribution in [-0.2, 0) is 13.6 Å². The van der Waals surface area contributed by atoms with Gasteiger partial charge in [0.2, 0.25) is 0 Å². The number of aryl methyl sites for hydroxylation is 2. The third-order valence-electron chi connectivity index (χ3n) is 6.32. The molecule has 2 saturated heterocycles. The number of rotatable bonds is 4. The topological polar surface area (TPSA) is 66.2 Å². The van der Waals surface area contributed by atoms with Crippen LogP contribution in [-0.4, -0.2) is 80.8 Å². The summed E-state index contributed by atoms with van der Waals surface area (Å²) >= 11 is 0. The molecule has 0 saturated carbocycles. The molecule has 8 heteroatoms. The van der Waals surface area contributed by atoms with Gasteiger partial charge in [-0.1, -0.05) is 0 Å². The number of nitrogens with zero attached hydrogens (tertiary/aromatic N) is 8. The van der Waals surface area contributed by atoms with Crippen molar-refractivity contribution in [1.82, 2.24) is 34.5 Å². The predicted molar refractivity (Wildman–Crippen MR) is 109 cm³/mol. The van der Waals surface area contributed by atoms with Crippen LogP contribution in [0, 0.1) is 13.8 Å². The summed E-state index contributed by atoms with van der Waals surface area (Å²) in [5.74, 6) is 3.68. The number of hydrogen-bond donors (Lipinski definition) is 0. The minimum atomic E-state index is 0.467. The van der Waals surface area contributed by atoms with Crippen LogP contribution >= 0.6 is 0 Å². The first-order valence-corrected chi connectivity index (χ1v) is 10.4. The third kappa shape index (κ3) is 4.03. The van der Waals surface area contributed by atoms with E-state index in [1.165, 1.54) is 0 Å². The largest absolute Gasteiger partial charge is 0.355 e. The maximum Gasteiger partial charge on any atom is 0.147 e. The number of piperidine rings is 1. The Hall–Kier alpha value is -2.06.